The van der Waals surface area contributed by atoms with Crippen molar-refractivity contribution in [2.24, 2.45) is 17.0 Å². The van der Waals surface area contributed by atoms with Crippen LogP contribution < -0.4 is 10.0 Å². The van der Waals surface area contributed by atoms with Crippen LogP contribution in [0.5, 0.6) is 0 Å². The maximum absolute atomic E-state index is 11.4. The summed E-state index contributed by atoms with van der Waals surface area (Å²) in [5.74, 6) is 1.30. The molecular weight excluding hydrogens is 318 g/mol. The highest BCUT2D eigenvalue weighted by atomic mass is 32.2. The maximum Gasteiger partial charge on any atom is 0.293 e. The van der Waals surface area contributed by atoms with Gasteiger partial charge in [-0.2, -0.15) is 0 Å². The normalized spacial score (nSPS) is 25.0. The van der Waals surface area contributed by atoms with Gasteiger partial charge in [0.1, 0.15) is 5.69 Å². The number of nitrogens with zero attached hydrogens (tertiary/aromatic N) is 2. The molecule has 1 saturated heterocycles. The molecule has 1 aromatic rings. The number of rotatable bonds is 3. The molecule has 3 rings (SSSR count). The molecule has 0 amide bonds. The van der Waals surface area contributed by atoms with Gasteiger partial charge in [-0.05, 0) is 36.8 Å². The van der Waals surface area contributed by atoms with Crippen LogP contribution in [0.3, 0.4) is 0 Å². The molecule has 0 bridgehead atoms. The summed E-state index contributed by atoms with van der Waals surface area (Å²) in [4.78, 5) is 12.6. The summed E-state index contributed by atoms with van der Waals surface area (Å²) in [5, 5.41) is 16.4. The topological polar surface area (TPSA) is 107 Å². The van der Waals surface area contributed by atoms with Gasteiger partial charge in [0.2, 0.25) is 10.0 Å². The molecule has 23 heavy (non-hydrogen) atoms. The molecular formula is C15H21N3O4S. The van der Waals surface area contributed by atoms with Crippen molar-refractivity contribution in [3.05, 3.63) is 28.3 Å². The second kappa shape index (κ2) is 6.09. The van der Waals surface area contributed by atoms with Crippen molar-refractivity contribution in [3.63, 3.8) is 0 Å². The lowest BCUT2D eigenvalue weighted by Crippen LogP contribution is -2.42. The third-order valence-corrected chi connectivity index (χ3v) is 6.01. The summed E-state index contributed by atoms with van der Waals surface area (Å²) >= 11 is 0. The molecule has 2 fully saturated rings. The van der Waals surface area contributed by atoms with E-state index in [1.807, 2.05) is 4.90 Å². The van der Waals surface area contributed by atoms with Gasteiger partial charge in [0.25, 0.3) is 5.69 Å². The van der Waals surface area contributed by atoms with Crippen LogP contribution in [0, 0.1) is 22.0 Å². The Morgan fingerprint density at radius 1 is 1.17 bits per heavy atom. The fraction of sp³-hybridized carbons (Fsp3) is 0.600. The number of fused-ring (bicyclic) bond motifs is 1. The third kappa shape index (κ3) is 3.32. The number of anilines is 1. The van der Waals surface area contributed by atoms with Crippen LogP contribution in [0.15, 0.2) is 23.1 Å². The van der Waals surface area contributed by atoms with Gasteiger partial charge in [0.15, 0.2) is 0 Å². The van der Waals surface area contributed by atoms with Crippen LogP contribution in [0.4, 0.5) is 11.4 Å². The quantitative estimate of drug-likeness (QED) is 0.671. The predicted octanol–water partition coefficient (Wildman–Crippen LogP) is 2.26. The molecule has 2 aliphatic rings. The minimum atomic E-state index is -3.95. The highest BCUT2D eigenvalue weighted by molar-refractivity contribution is 7.89. The molecule has 1 saturated carbocycles. The molecule has 7 nitrogen and oxygen atoms in total. The van der Waals surface area contributed by atoms with Crippen LogP contribution in [-0.4, -0.2) is 26.4 Å². The zero-order valence-corrected chi connectivity index (χ0v) is 13.7. The number of nitrogens with two attached hydrogens (primary N) is 1. The van der Waals surface area contributed by atoms with Crippen LogP contribution in [0.1, 0.15) is 32.1 Å². The Kier molecular flexibility index (Phi) is 4.29. The van der Waals surface area contributed by atoms with Crippen molar-refractivity contribution < 1.29 is 13.3 Å². The molecule has 1 aliphatic carbocycles. The lowest BCUT2D eigenvalue weighted by atomic mass is 9.75. The van der Waals surface area contributed by atoms with Gasteiger partial charge >= 0.3 is 0 Å². The van der Waals surface area contributed by atoms with Crippen molar-refractivity contribution in [3.8, 4) is 0 Å². The van der Waals surface area contributed by atoms with Crippen molar-refractivity contribution in [2.45, 2.75) is 37.0 Å². The molecule has 8 heteroatoms. The van der Waals surface area contributed by atoms with Gasteiger partial charge in [-0.25, -0.2) is 13.6 Å². The van der Waals surface area contributed by atoms with Crippen molar-refractivity contribution in [2.75, 3.05) is 18.0 Å². The Bertz CT molecular complexity index is 719. The van der Waals surface area contributed by atoms with Crippen LogP contribution >= 0.6 is 0 Å². The maximum atomic E-state index is 11.4. The first-order chi connectivity index (χ1) is 10.9. The standard InChI is InChI=1S/C15H21N3O4S/c16-23(21,22)13-5-6-14(15(9-13)18(19)20)17-8-7-11-3-1-2-4-12(11)10-17/h5-6,9,11-12H,1-4,7-8,10H2,(H2,16,21,22)/t11-,12-/m1/s1. The largest absolute Gasteiger partial charge is 0.366 e. The van der Waals surface area contributed by atoms with Crippen molar-refractivity contribution in [1.82, 2.24) is 0 Å². The molecule has 0 spiro atoms. The van der Waals surface area contributed by atoms with Crippen LogP contribution in [-0.2, 0) is 10.0 Å². The van der Waals surface area contributed by atoms with E-state index in [1.165, 1.54) is 37.8 Å². The molecule has 0 unspecified atom stereocenters. The van der Waals surface area contributed by atoms with Crippen LogP contribution in [0.2, 0.25) is 0 Å². The Hall–Kier alpha value is -1.67. The predicted molar refractivity (Wildman–Crippen MR) is 86.7 cm³/mol. The molecule has 126 valence electrons. The summed E-state index contributed by atoms with van der Waals surface area (Å²) in [6.07, 6.45) is 5.97. The highest BCUT2D eigenvalue weighted by Gasteiger charge is 2.33. The number of nitro benzene ring substituents is 1. The SMILES string of the molecule is NS(=O)(=O)c1ccc(N2CC[C@H]3CCCC[C@@H]3C2)c([N+](=O)[O-])c1. The highest BCUT2D eigenvalue weighted by Crippen LogP contribution is 2.40. The molecule has 0 radical (unpaired) electrons. The fourth-order valence-corrected chi connectivity index (χ4v) is 4.45. The van der Waals surface area contributed by atoms with E-state index >= 15 is 0 Å². The number of primary sulfonamides is 1. The average molecular weight is 339 g/mol. The number of sulfonamides is 1. The first-order valence-corrected chi connectivity index (χ1v) is 9.47. The molecule has 2 atom stereocenters. The second-order valence-electron chi connectivity index (χ2n) is 6.49. The van der Waals surface area contributed by atoms with Crippen molar-refractivity contribution >= 4 is 21.4 Å². The van der Waals surface area contributed by atoms with Crippen molar-refractivity contribution in [1.29, 1.82) is 0 Å². The third-order valence-electron chi connectivity index (χ3n) is 5.10. The minimum absolute atomic E-state index is 0.189. The number of hydrogen-bond acceptors (Lipinski definition) is 5. The average Bonchev–Trinajstić information content (AvgIpc) is 2.53. The Morgan fingerprint density at radius 3 is 2.52 bits per heavy atom. The minimum Gasteiger partial charge on any atom is -0.366 e. The number of nitro groups is 1. The lowest BCUT2D eigenvalue weighted by Gasteiger charge is -2.42. The summed E-state index contributed by atoms with van der Waals surface area (Å²) < 4.78 is 22.8. The lowest BCUT2D eigenvalue weighted by molar-refractivity contribution is -0.384. The molecule has 2 N–H and O–H groups in total. The van der Waals surface area contributed by atoms with Gasteiger partial charge in [0, 0.05) is 19.2 Å². The molecule has 1 aliphatic heterocycles. The Balaban J connectivity index is 1.91. The zero-order valence-electron chi connectivity index (χ0n) is 12.8. The van der Waals surface area contributed by atoms with Gasteiger partial charge in [0.05, 0.1) is 9.82 Å². The first-order valence-electron chi connectivity index (χ1n) is 7.92. The molecule has 1 aromatic carbocycles. The van der Waals surface area contributed by atoms with Gasteiger partial charge in [-0.1, -0.05) is 19.3 Å². The Labute approximate surface area is 135 Å². The number of benzene rings is 1. The van der Waals surface area contributed by atoms with Crippen LogP contribution in [0.25, 0.3) is 0 Å². The smallest absolute Gasteiger partial charge is 0.293 e. The van der Waals surface area contributed by atoms with E-state index in [4.69, 9.17) is 5.14 Å². The van der Waals surface area contributed by atoms with E-state index in [1.54, 1.807) is 0 Å². The van der Waals surface area contributed by atoms with E-state index in [0.29, 0.717) is 11.6 Å². The number of hydrogen-bond donors (Lipinski definition) is 1. The van der Waals surface area contributed by atoms with Gasteiger partial charge in [-0.3, -0.25) is 10.1 Å². The molecule has 0 aromatic heterocycles. The zero-order chi connectivity index (χ0) is 16.6. The summed E-state index contributed by atoms with van der Waals surface area (Å²) in [6.45, 7) is 1.58. The summed E-state index contributed by atoms with van der Waals surface area (Å²) in [6, 6.07) is 3.93. The summed E-state index contributed by atoms with van der Waals surface area (Å²) in [5.41, 5.74) is 0.303. The summed E-state index contributed by atoms with van der Waals surface area (Å²) in [7, 11) is -3.95. The fourth-order valence-electron chi connectivity index (χ4n) is 3.91. The van der Waals surface area contributed by atoms with E-state index in [2.05, 4.69) is 0 Å². The first kappa shape index (κ1) is 16.2. The van der Waals surface area contributed by atoms with Gasteiger partial charge < -0.3 is 4.90 Å². The van der Waals surface area contributed by atoms with E-state index in [0.717, 1.165) is 31.5 Å². The Morgan fingerprint density at radius 2 is 1.87 bits per heavy atom. The van der Waals surface area contributed by atoms with E-state index in [-0.39, 0.29) is 10.6 Å². The monoisotopic (exact) mass is 339 g/mol. The molecule has 1 heterocycles. The van der Waals surface area contributed by atoms with E-state index < -0.39 is 14.9 Å². The van der Waals surface area contributed by atoms with E-state index in [9.17, 15) is 18.5 Å². The van der Waals surface area contributed by atoms with Gasteiger partial charge in [-0.15, -0.1) is 0 Å². The second-order valence-corrected chi connectivity index (χ2v) is 8.05. The number of piperidine rings is 1.